The molecule has 0 radical (unpaired) electrons. The first-order chi connectivity index (χ1) is 13.7. The Labute approximate surface area is 190 Å². The molecule has 4 rings (SSSR count). The van der Waals surface area contributed by atoms with Crippen molar-refractivity contribution in [2.24, 2.45) is 10.9 Å². The van der Waals surface area contributed by atoms with Crippen LogP contribution in [0.2, 0.25) is 0 Å². The van der Waals surface area contributed by atoms with Crippen molar-refractivity contribution in [3.05, 3.63) is 48.0 Å². The monoisotopic (exact) mass is 506 g/mol. The Hall–Kier alpha value is -1.83. The first-order valence-corrected chi connectivity index (χ1v) is 10.5. The van der Waals surface area contributed by atoms with Gasteiger partial charge in [-0.2, -0.15) is 0 Å². The maximum Gasteiger partial charge on any atom is 0.225 e. The summed E-state index contributed by atoms with van der Waals surface area (Å²) in [5.74, 6) is 1.43. The van der Waals surface area contributed by atoms with Gasteiger partial charge in [0.2, 0.25) is 5.91 Å². The maximum absolute atomic E-state index is 12.6. The van der Waals surface area contributed by atoms with E-state index in [0.29, 0.717) is 5.91 Å². The SMILES string of the molecule is CN=C(NCc1cccc2ccccc12)NC1CCN(C(=O)C2CCCC2)C1.I. The Balaban J connectivity index is 0.00000240. The Bertz CT molecular complexity index is 858. The molecule has 156 valence electrons. The zero-order chi connectivity index (χ0) is 19.3. The van der Waals surface area contributed by atoms with Crippen LogP contribution in [-0.2, 0) is 11.3 Å². The zero-order valence-electron chi connectivity index (χ0n) is 17.1. The molecule has 1 saturated heterocycles. The Morgan fingerprint density at radius 1 is 1.10 bits per heavy atom. The number of aliphatic imine (C=N–C) groups is 1. The van der Waals surface area contributed by atoms with E-state index in [-0.39, 0.29) is 35.9 Å². The third kappa shape index (κ3) is 5.21. The average molecular weight is 506 g/mol. The summed E-state index contributed by atoms with van der Waals surface area (Å²) in [6, 6.07) is 15.1. The van der Waals surface area contributed by atoms with Gasteiger partial charge in [-0.1, -0.05) is 55.3 Å². The number of carbonyl (C=O) groups is 1. The summed E-state index contributed by atoms with van der Waals surface area (Å²) in [6.45, 7) is 2.36. The number of benzene rings is 2. The van der Waals surface area contributed by atoms with Gasteiger partial charge in [-0.25, -0.2) is 0 Å². The van der Waals surface area contributed by atoms with Crippen molar-refractivity contribution in [1.29, 1.82) is 0 Å². The highest BCUT2D eigenvalue weighted by Gasteiger charge is 2.32. The van der Waals surface area contributed by atoms with Crippen molar-refractivity contribution in [3.63, 3.8) is 0 Å². The second-order valence-electron chi connectivity index (χ2n) is 7.96. The number of nitrogens with zero attached hydrogens (tertiary/aromatic N) is 2. The number of hydrogen-bond donors (Lipinski definition) is 2. The highest BCUT2D eigenvalue weighted by molar-refractivity contribution is 14.0. The van der Waals surface area contributed by atoms with Crippen LogP contribution < -0.4 is 10.6 Å². The van der Waals surface area contributed by atoms with Crippen molar-refractivity contribution < 1.29 is 4.79 Å². The van der Waals surface area contributed by atoms with Crippen LogP contribution in [0.25, 0.3) is 10.8 Å². The van der Waals surface area contributed by atoms with E-state index >= 15 is 0 Å². The van der Waals surface area contributed by atoms with Gasteiger partial charge in [0.1, 0.15) is 0 Å². The van der Waals surface area contributed by atoms with Gasteiger partial charge >= 0.3 is 0 Å². The third-order valence-corrected chi connectivity index (χ3v) is 6.10. The molecule has 0 bridgehead atoms. The van der Waals surface area contributed by atoms with Crippen LogP contribution in [0.4, 0.5) is 0 Å². The summed E-state index contributed by atoms with van der Waals surface area (Å²) >= 11 is 0. The van der Waals surface area contributed by atoms with Crippen molar-refractivity contribution in [2.75, 3.05) is 20.1 Å². The van der Waals surface area contributed by atoms with E-state index in [9.17, 15) is 4.79 Å². The van der Waals surface area contributed by atoms with E-state index in [1.807, 2.05) is 4.90 Å². The number of nitrogens with one attached hydrogen (secondary N) is 2. The van der Waals surface area contributed by atoms with Crippen LogP contribution in [0.3, 0.4) is 0 Å². The molecule has 2 aliphatic rings. The van der Waals surface area contributed by atoms with Gasteiger partial charge in [0.15, 0.2) is 5.96 Å². The summed E-state index contributed by atoms with van der Waals surface area (Å²) in [6.07, 6.45) is 5.53. The van der Waals surface area contributed by atoms with E-state index in [1.165, 1.54) is 29.2 Å². The number of rotatable bonds is 4. The quantitative estimate of drug-likeness (QED) is 0.376. The van der Waals surface area contributed by atoms with E-state index < -0.39 is 0 Å². The highest BCUT2D eigenvalue weighted by atomic mass is 127. The number of fused-ring (bicyclic) bond motifs is 1. The molecule has 0 aromatic heterocycles. The van der Waals surface area contributed by atoms with Gasteiger partial charge in [-0.15, -0.1) is 24.0 Å². The second-order valence-corrected chi connectivity index (χ2v) is 7.96. The summed E-state index contributed by atoms with van der Waals surface area (Å²) in [5, 5.41) is 9.46. The normalized spacial score (nSPS) is 20.0. The number of amides is 1. The number of guanidine groups is 1. The molecule has 1 atom stereocenters. The molecule has 6 heteroatoms. The molecule has 1 saturated carbocycles. The Morgan fingerprint density at radius 2 is 1.86 bits per heavy atom. The lowest BCUT2D eigenvalue weighted by Crippen LogP contribution is -2.45. The molecule has 1 amide bonds. The van der Waals surface area contributed by atoms with Gasteiger partial charge in [-0.05, 0) is 35.6 Å². The maximum atomic E-state index is 12.6. The van der Waals surface area contributed by atoms with Crippen LogP contribution in [0.15, 0.2) is 47.5 Å². The molecule has 2 N–H and O–H groups in total. The minimum atomic E-state index is 0. The fourth-order valence-electron chi connectivity index (χ4n) is 4.52. The van der Waals surface area contributed by atoms with Crippen molar-refractivity contribution in [3.8, 4) is 0 Å². The number of hydrogen-bond acceptors (Lipinski definition) is 2. The molecule has 1 heterocycles. The van der Waals surface area contributed by atoms with Crippen LogP contribution in [0.5, 0.6) is 0 Å². The molecule has 29 heavy (non-hydrogen) atoms. The van der Waals surface area contributed by atoms with Gasteiger partial charge in [-0.3, -0.25) is 9.79 Å². The lowest BCUT2D eigenvalue weighted by Gasteiger charge is -2.21. The Morgan fingerprint density at radius 3 is 2.66 bits per heavy atom. The fraction of sp³-hybridized carbons (Fsp3) is 0.478. The van der Waals surface area contributed by atoms with Crippen molar-refractivity contribution in [2.45, 2.75) is 44.7 Å². The van der Waals surface area contributed by atoms with Gasteiger partial charge < -0.3 is 15.5 Å². The molecule has 0 spiro atoms. The molecule has 1 aliphatic carbocycles. The van der Waals surface area contributed by atoms with Crippen LogP contribution in [0.1, 0.15) is 37.7 Å². The summed E-state index contributed by atoms with van der Waals surface area (Å²) < 4.78 is 0. The van der Waals surface area contributed by atoms with E-state index in [1.54, 1.807) is 7.05 Å². The predicted octanol–water partition coefficient (Wildman–Crippen LogP) is 3.91. The van der Waals surface area contributed by atoms with Crippen LogP contribution in [0, 0.1) is 5.92 Å². The molecular weight excluding hydrogens is 475 g/mol. The molecule has 2 aromatic carbocycles. The average Bonchev–Trinajstić information content (AvgIpc) is 3.43. The standard InChI is InChI=1S/C23H30N4O.HI/c1-24-23(25-15-19-11-6-10-17-7-4-5-12-21(17)19)26-20-13-14-27(16-20)22(28)18-8-2-3-9-18;/h4-7,10-12,18,20H,2-3,8-9,13-16H2,1H3,(H2,24,25,26);1H. The molecular formula is C23H31IN4O. The number of halogens is 1. The van der Waals surface area contributed by atoms with Crippen LogP contribution >= 0.6 is 24.0 Å². The van der Waals surface area contributed by atoms with Crippen LogP contribution in [-0.4, -0.2) is 42.9 Å². The highest BCUT2D eigenvalue weighted by Crippen LogP contribution is 2.27. The predicted molar refractivity (Wildman–Crippen MR) is 130 cm³/mol. The minimum absolute atomic E-state index is 0. The molecule has 2 fully saturated rings. The lowest BCUT2D eigenvalue weighted by molar-refractivity contribution is -0.134. The first-order valence-electron chi connectivity index (χ1n) is 10.5. The Kier molecular flexibility index (Phi) is 7.75. The fourth-order valence-corrected chi connectivity index (χ4v) is 4.52. The second kappa shape index (κ2) is 10.3. The largest absolute Gasteiger partial charge is 0.352 e. The minimum Gasteiger partial charge on any atom is -0.352 e. The number of likely N-dealkylation sites (tertiary alicyclic amines) is 1. The van der Waals surface area contributed by atoms with Gasteiger partial charge in [0.05, 0.1) is 0 Å². The summed E-state index contributed by atoms with van der Waals surface area (Å²) in [4.78, 5) is 19.1. The molecule has 5 nitrogen and oxygen atoms in total. The topological polar surface area (TPSA) is 56.7 Å². The zero-order valence-corrected chi connectivity index (χ0v) is 19.4. The van der Waals surface area contributed by atoms with E-state index in [0.717, 1.165) is 44.9 Å². The smallest absolute Gasteiger partial charge is 0.225 e. The van der Waals surface area contributed by atoms with Crippen molar-refractivity contribution in [1.82, 2.24) is 15.5 Å². The molecule has 1 unspecified atom stereocenters. The van der Waals surface area contributed by atoms with Crippen molar-refractivity contribution >= 4 is 46.6 Å². The number of carbonyl (C=O) groups excluding carboxylic acids is 1. The van der Waals surface area contributed by atoms with Gasteiger partial charge in [0.25, 0.3) is 0 Å². The molecule has 1 aliphatic heterocycles. The van der Waals surface area contributed by atoms with E-state index in [2.05, 4.69) is 58.1 Å². The summed E-state index contributed by atoms with van der Waals surface area (Å²) in [5.41, 5.74) is 1.26. The summed E-state index contributed by atoms with van der Waals surface area (Å²) in [7, 11) is 1.80. The first kappa shape index (κ1) is 21.9. The van der Waals surface area contributed by atoms with E-state index in [4.69, 9.17) is 0 Å². The van der Waals surface area contributed by atoms with Gasteiger partial charge in [0, 0.05) is 38.6 Å². The molecule has 2 aromatic rings. The lowest BCUT2D eigenvalue weighted by atomic mass is 10.0. The third-order valence-electron chi connectivity index (χ3n) is 6.10.